The third-order valence-corrected chi connectivity index (χ3v) is 8.83. The van der Waals surface area contributed by atoms with E-state index in [2.05, 4.69) is 0 Å². The van der Waals surface area contributed by atoms with Crippen molar-refractivity contribution in [3.05, 3.63) is 48.0 Å². The Morgan fingerprint density at radius 1 is 0.800 bits per heavy atom. The molecule has 0 aliphatic carbocycles. The minimum absolute atomic E-state index is 0.00469. The van der Waals surface area contributed by atoms with Crippen LogP contribution in [-0.4, -0.2) is 64.8 Å². The second kappa shape index (κ2) is 7.88. The van der Waals surface area contributed by atoms with Crippen LogP contribution >= 0.6 is 0 Å². The third kappa shape index (κ3) is 3.63. The quantitative estimate of drug-likeness (QED) is 0.684. The second-order valence-corrected chi connectivity index (χ2v) is 10.6. The zero-order valence-electron chi connectivity index (χ0n) is 15.9. The molecule has 0 spiro atoms. The van der Waals surface area contributed by atoms with Crippen LogP contribution in [0, 0.1) is 11.3 Å². The minimum Gasteiger partial charge on any atom is -0.486 e. The summed E-state index contributed by atoms with van der Waals surface area (Å²) in [7, 11) is -7.72. The molecule has 0 radical (unpaired) electrons. The first-order valence-electron chi connectivity index (χ1n) is 9.23. The molecule has 11 heteroatoms. The highest BCUT2D eigenvalue weighted by atomic mass is 32.2. The summed E-state index contributed by atoms with van der Waals surface area (Å²) in [5, 5.41) is 9.20. The van der Waals surface area contributed by atoms with E-state index in [1.165, 1.54) is 32.9 Å². The van der Waals surface area contributed by atoms with Gasteiger partial charge < -0.3 is 9.47 Å². The number of sulfonamides is 2. The predicted octanol–water partition coefficient (Wildman–Crippen LogP) is 1.02. The summed E-state index contributed by atoms with van der Waals surface area (Å²) in [5.41, 5.74) is 0.0591. The maximum Gasteiger partial charge on any atom is 0.244 e. The highest BCUT2D eigenvalue weighted by Gasteiger charge is 2.35. The van der Waals surface area contributed by atoms with E-state index in [4.69, 9.17) is 9.47 Å². The maximum absolute atomic E-state index is 13.0. The first-order valence-corrected chi connectivity index (χ1v) is 12.1. The number of ether oxygens (including phenoxy) is 2. The van der Waals surface area contributed by atoms with E-state index in [0.29, 0.717) is 24.7 Å². The molecule has 158 valence electrons. The highest BCUT2D eigenvalue weighted by molar-refractivity contribution is 7.89. The van der Waals surface area contributed by atoms with Gasteiger partial charge in [-0.25, -0.2) is 16.8 Å². The van der Waals surface area contributed by atoms with Crippen LogP contribution in [0.25, 0.3) is 0 Å². The number of fused-ring (bicyclic) bond motifs is 1. The van der Waals surface area contributed by atoms with Crippen molar-refractivity contribution < 1.29 is 26.3 Å². The van der Waals surface area contributed by atoms with E-state index in [0.717, 1.165) is 0 Å². The van der Waals surface area contributed by atoms with Gasteiger partial charge in [-0.2, -0.15) is 13.9 Å². The maximum atomic E-state index is 13.0. The van der Waals surface area contributed by atoms with Crippen molar-refractivity contribution in [3.63, 3.8) is 0 Å². The lowest BCUT2D eigenvalue weighted by Crippen LogP contribution is -2.50. The molecular formula is C19H19N3O6S2. The van der Waals surface area contributed by atoms with E-state index >= 15 is 0 Å². The van der Waals surface area contributed by atoms with Gasteiger partial charge in [-0.15, -0.1) is 0 Å². The lowest BCUT2D eigenvalue weighted by Gasteiger charge is -2.33. The second-order valence-electron chi connectivity index (χ2n) is 6.72. The number of hydrogen-bond acceptors (Lipinski definition) is 7. The molecule has 0 N–H and O–H groups in total. The summed E-state index contributed by atoms with van der Waals surface area (Å²) in [6.07, 6.45) is 0. The Hall–Kier alpha value is -2.65. The Bertz CT molecular complexity index is 1210. The topological polar surface area (TPSA) is 117 Å². The molecule has 2 aromatic carbocycles. The van der Waals surface area contributed by atoms with Crippen LogP contribution in [0.5, 0.6) is 11.5 Å². The summed E-state index contributed by atoms with van der Waals surface area (Å²) < 4.78 is 65.2. The molecule has 1 saturated heterocycles. The molecule has 0 saturated carbocycles. The molecule has 1 fully saturated rings. The molecule has 2 aromatic rings. The third-order valence-electron chi connectivity index (χ3n) is 4.97. The van der Waals surface area contributed by atoms with Crippen molar-refractivity contribution >= 4 is 20.0 Å². The summed E-state index contributed by atoms with van der Waals surface area (Å²) in [5.74, 6) is 0.865. The molecule has 0 aromatic heterocycles. The van der Waals surface area contributed by atoms with Gasteiger partial charge in [0.1, 0.15) is 19.3 Å². The molecule has 2 heterocycles. The molecule has 30 heavy (non-hydrogen) atoms. The number of nitrogens with zero attached hydrogens (tertiary/aromatic N) is 3. The first kappa shape index (κ1) is 20.6. The first-order chi connectivity index (χ1) is 14.3. The molecule has 4 rings (SSSR count). The summed E-state index contributed by atoms with van der Waals surface area (Å²) in [6, 6.07) is 12.3. The fraction of sp³-hybridized carbons (Fsp3) is 0.316. The zero-order valence-corrected chi connectivity index (χ0v) is 17.5. The van der Waals surface area contributed by atoms with Crippen LogP contribution in [0.3, 0.4) is 0 Å². The van der Waals surface area contributed by atoms with Gasteiger partial charge in [0.25, 0.3) is 0 Å². The van der Waals surface area contributed by atoms with Crippen LogP contribution in [0.15, 0.2) is 52.3 Å². The van der Waals surface area contributed by atoms with Gasteiger partial charge in [-0.3, -0.25) is 0 Å². The standard InChI is InChI=1S/C19H19N3O6S2/c20-14-15-3-1-2-4-19(15)30(25,26)22-9-7-21(8-10-22)29(23,24)16-5-6-17-18(13-16)28-12-11-27-17/h1-6,13H,7-12H2. The molecule has 2 aliphatic heterocycles. The average Bonchev–Trinajstić information content (AvgIpc) is 2.78. The van der Waals surface area contributed by atoms with Crippen molar-refractivity contribution in [3.8, 4) is 17.6 Å². The van der Waals surface area contributed by atoms with Crippen molar-refractivity contribution in [2.24, 2.45) is 0 Å². The van der Waals surface area contributed by atoms with Gasteiger partial charge in [0.15, 0.2) is 11.5 Å². The number of rotatable bonds is 4. The monoisotopic (exact) mass is 449 g/mol. The summed E-state index contributed by atoms with van der Waals surface area (Å²) in [6.45, 7) is 0.745. The minimum atomic E-state index is -3.90. The van der Waals surface area contributed by atoms with Crippen LogP contribution in [-0.2, 0) is 20.0 Å². The normalized spacial score (nSPS) is 18.0. The van der Waals surface area contributed by atoms with Gasteiger partial charge >= 0.3 is 0 Å². The van der Waals surface area contributed by atoms with Gasteiger partial charge in [-0.1, -0.05) is 12.1 Å². The zero-order chi connectivity index (χ0) is 21.4. The van der Waals surface area contributed by atoms with Crippen molar-refractivity contribution in [2.75, 3.05) is 39.4 Å². The van der Waals surface area contributed by atoms with E-state index < -0.39 is 20.0 Å². The smallest absolute Gasteiger partial charge is 0.244 e. The van der Waals surface area contributed by atoms with Gasteiger partial charge in [0, 0.05) is 32.2 Å². The van der Waals surface area contributed by atoms with Crippen LogP contribution in [0.4, 0.5) is 0 Å². The predicted molar refractivity (Wildman–Crippen MR) is 106 cm³/mol. The van der Waals surface area contributed by atoms with E-state index in [-0.39, 0.29) is 41.5 Å². The Morgan fingerprint density at radius 2 is 1.40 bits per heavy atom. The SMILES string of the molecule is N#Cc1ccccc1S(=O)(=O)N1CCN(S(=O)(=O)c2ccc3c(c2)OCCO3)CC1. The van der Waals surface area contributed by atoms with Crippen LogP contribution < -0.4 is 9.47 Å². The summed E-state index contributed by atoms with van der Waals surface area (Å²) >= 11 is 0. The van der Waals surface area contributed by atoms with E-state index in [1.807, 2.05) is 6.07 Å². The Labute approximate surface area is 175 Å². The Kier molecular flexibility index (Phi) is 5.42. The van der Waals surface area contributed by atoms with Gasteiger partial charge in [0.2, 0.25) is 20.0 Å². The molecule has 0 atom stereocenters. The van der Waals surface area contributed by atoms with Crippen LogP contribution in [0.1, 0.15) is 5.56 Å². The number of nitriles is 1. The summed E-state index contributed by atoms with van der Waals surface area (Å²) in [4.78, 5) is -0.00599. The molecule has 0 amide bonds. The Morgan fingerprint density at radius 3 is 2.07 bits per heavy atom. The molecule has 9 nitrogen and oxygen atoms in total. The van der Waals surface area contributed by atoms with E-state index in [1.54, 1.807) is 18.2 Å². The van der Waals surface area contributed by atoms with Gasteiger partial charge in [0.05, 0.1) is 15.4 Å². The molecule has 0 bridgehead atoms. The van der Waals surface area contributed by atoms with Crippen molar-refractivity contribution in [1.82, 2.24) is 8.61 Å². The average molecular weight is 450 g/mol. The van der Waals surface area contributed by atoms with E-state index in [9.17, 15) is 22.1 Å². The lowest BCUT2D eigenvalue weighted by molar-refractivity contribution is 0.171. The number of benzene rings is 2. The molecule has 0 unspecified atom stereocenters. The van der Waals surface area contributed by atoms with Gasteiger partial charge in [-0.05, 0) is 24.3 Å². The fourth-order valence-electron chi connectivity index (χ4n) is 3.41. The number of piperazine rings is 1. The lowest BCUT2D eigenvalue weighted by atomic mass is 10.2. The molecule has 2 aliphatic rings. The van der Waals surface area contributed by atoms with Crippen molar-refractivity contribution in [1.29, 1.82) is 5.26 Å². The fourth-order valence-corrected chi connectivity index (χ4v) is 6.41. The Balaban J connectivity index is 1.52. The highest BCUT2D eigenvalue weighted by Crippen LogP contribution is 2.33. The largest absolute Gasteiger partial charge is 0.486 e. The number of hydrogen-bond donors (Lipinski definition) is 0. The molecular weight excluding hydrogens is 430 g/mol. The van der Waals surface area contributed by atoms with Crippen LogP contribution in [0.2, 0.25) is 0 Å². The van der Waals surface area contributed by atoms with Crippen molar-refractivity contribution in [2.45, 2.75) is 9.79 Å².